The lowest BCUT2D eigenvalue weighted by Gasteiger charge is -2.29. The molecule has 0 spiro atoms. The molecule has 0 unspecified atom stereocenters. The van der Waals surface area contributed by atoms with Crippen molar-refractivity contribution in [1.29, 1.82) is 0 Å². The Kier molecular flexibility index (Phi) is 7.73. The van der Waals surface area contributed by atoms with Crippen molar-refractivity contribution in [3.05, 3.63) is 64.5 Å². The van der Waals surface area contributed by atoms with Crippen LogP contribution in [0, 0.1) is 0 Å². The van der Waals surface area contributed by atoms with E-state index in [1.165, 1.54) is 10.5 Å². The van der Waals surface area contributed by atoms with Crippen molar-refractivity contribution < 1.29 is 19.1 Å². The molecule has 0 saturated carbocycles. The normalized spacial score (nSPS) is 12.9. The molecule has 33 heavy (non-hydrogen) atoms. The second-order valence-electron chi connectivity index (χ2n) is 8.02. The van der Waals surface area contributed by atoms with E-state index in [0.29, 0.717) is 18.0 Å². The molecule has 1 amide bonds. The van der Waals surface area contributed by atoms with Crippen LogP contribution in [0.4, 0.5) is 5.69 Å². The molecule has 172 valence electrons. The number of amides is 1. The van der Waals surface area contributed by atoms with E-state index in [1.807, 2.05) is 41.8 Å². The summed E-state index contributed by atoms with van der Waals surface area (Å²) in [5.41, 5.74) is 3.50. The van der Waals surface area contributed by atoms with Crippen molar-refractivity contribution >= 4 is 28.9 Å². The van der Waals surface area contributed by atoms with Crippen LogP contribution in [0.3, 0.4) is 0 Å². The van der Waals surface area contributed by atoms with E-state index < -0.39 is 5.97 Å². The van der Waals surface area contributed by atoms with Crippen LogP contribution in [0.1, 0.15) is 43.2 Å². The highest BCUT2D eigenvalue weighted by Crippen LogP contribution is 2.36. The van der Waals surface area contributed by atoms with Crippen LogP contribution in [0.15, 0.2) is 53.9 Å². The van der Waals surface area contributed by atoms with Gasteiger partial charge >= 0.3 is 5.97 Å². The van der Waals surface area contributed by atoms with Crippen molar-refractivity contribution in [3.8, 4) is 17.0 Å². The number of unbranched alkanes of at least 4 members (excludes halogenated alkanes) is 3. The summed E-state index contributed by atoms with van der Waals surface area (Å²) >= 11 is 1.61. The fourth-order valence-electron chi connectivity index (χ4n) is 3.72. The van der Waals surface area contributed by atoms with E-state index >= 15 is 0 Å². The minimum Gasteiger partial charge on any atom is -0.482 e. The number of carbonyl (C=O) groups excluding carboxylic acids is 2. The molecule has 0 radical (unpaired) electrons. The first-order chi connectivity index (χ1) is 16.1. The van der Waals surface area contributed by atoms with Gasteiger partial charge in [-0.15, -0.1) is 11.3 Å². The molecular weight excluding hydrogens is 436 g/mol. The quantitative estimate of drug-likeness (QED) is 0.303. The lowest BCUT2D eigenvalue weighted by Crippen LogP contribution is -2.42. The summed E-state index contributed by atoms with van der Waals surface area (Å²) < 4.78 is 10.9. The maximum absolute atomic E-state index is 12.5. The summed E-state index contributed by atoms with van der Waals surface area (Å²) in [6.07, 6.45) is 4.90. The van der Waals surface area contributed by atoms with Crippen molar-refractivity contribution in [2.75, 3.05) is 24.7 Å². The number of hydrogen-bond acceptors (Lipinski definition) is 6. The summed E-state index contributed by atoms with van der Waals surface area (Å²) in [4.78, 5) is 31.1. The van der Waals surface area contributed by atoms with Gasteiger partial charge in [0.15, 0.2) is 6.61 Å². The predicted molar refractivity (Wildman–Crippen MR) is 130 cm³/mol. The molecule has 0 fully saturated rings. The molecule has 6 nitrogen and oxygen atoms in total. The average Bonchev–Trinajstić information content (AvgIpc) is 3.29. The smallest absolute Gasteiger partial charge is 0.326 e. The first kappa shape index (κ1) is 23.0. The van der Waals surface area contributed by atoms with Crippen molar-refractivity contribution in [2.45, 2.75) is 39.0 Å². The maximum atomic E-state index is 12.5. The van der Waals surface area contributed by atoms with Crippen LogP contribution >= 0.6 is 11.3 Å². The van der Waals surface area contributed by atoms with E-state index in [4.69, 9.17) is 14.5 Å². The number of hydrogen-bond donors (Lipinski definition) is 0. The zero-order chi connectivity index (χ0) is 23.0. The predicted octanol–water partition coefficient (Wildman–Crippen LogP) is 5.25. The van der Waals surface area contributed by atoms with Crippen molar-refractivity contribution in [3.63, 3.8) is 0 Å². The second kappa shape index (κ2) is 11.1. The minimum atomic E-state index is -0.406. The van der Waals surface area contributed by atoms with Gasteiger partial charge in [0.25, 0.3) is 5.91 Å². The maximum Gasteiger partial charge on any atom is 0.326 e. The van der Waals surface area contributed by atoms with Gasteiger partial charge < -0.3 is 9.47 Å². The number of esters is 1. The van der Waals surface area contributed by atoms with Gasteiger partial charge in [0, 0.05) is 17.4 Å². The van der Waals surface area contributed by atoms with E-state index in [-0.39, 0.29) is 19.1 Å². The minimum absolute atomic E-state index is 0.0892. The Balaban J connectivity index is 1.46. The molecule has 7 heteroatoms. The highest BCUT2D eigenvalue weighted by molar-refractivity contribution is 7.10. The lowest BCUT2D eigenvalue weighted by atomic mass is 10.1. The molecule has 2 heterocycles. The van der Waals surface area contributed by atoms with Crippen molar-refractivity contribution in [1.82, 2.24) is 4.98 Å². The molecule has 4 rings (SSSR count). The summed E-state index contributed by atoms with van der Waals surface area (Å²) in [5.74, 6) is -0.0867. The van der Waals surface area contributed by atoms with Crippen LogP contribution in [0.25, 0.3) is 11.3 Å². The van der Waals surface area contributed by atoms with E-state index in [0.717, 1.165) is 48.4 Å². The number of benzene rings is 2. The van der Waals surface area contributed by atoms with Crippen molar-refractivity contribution in [2.24, 2.45) is 0 Å². The first-order valence-corrected chi connectivity index (χ1v) is 12.2. The molecule has 2 aromatic carbocycles. The number of anilines is 1. The molecular formula is C26H28N2O4S. The zero-order valence-corrected chi connectivity index (χ0v) is 19.6. The summed E-state index contributed by atoms with van der Waals surface area (Å²) in [6, 6.07) is 15.8. The third-order valence-corrected chi connectivity index (χ3v) is 6.34. The molecule has 0 bridgehead atoms. The Hall–Kier alpha value is -3.19. The molecule has 0 N–H and O–H groups in total. The second-order valence-corrected chi connectivity index (χ2v) is 8.96. The topological polar surface area (TPSA) is 68.7 Å². The van der Waals surface area contributed by atoms with Gasteiger partial charge in [-0.05, 0) is 30.2 Å². The van der Waals surface area contributed by atoms with Gasteiger partial charge in [-0.1, -0.05) is 56.5 Å². The largest absolute Gasteiger partial charge is 0.482 e. The summed E-state index contributed by atoms with van der Waals surface area (Å²) in [6.45, 7) is 2.31. The van der Waals surface area contributed by atoms with Gasteiger partial charge in [-0.25, -0.2) is 4.98 Å². The highest BCUT2D eigenvalue weighted by Gasteiger charge is 2.28. The Morgan fingerprint density at radius 2 is 2.00 bits per heavy atom. The van der Waals surface area contributed by atoms with Gasteiger partial charge in [0.2, 0.25) is 0 Å². The Labute approximate surface area is 198 Å². The van der Waals surface area contributed by atoms with E-state index in [9.17, 15) is 9.59 Å². The first-order valence-electron chi connectivity index (χ1n) is 11.4. The molecule has 1 aliphatic heterocycles. The number of aromatic nitrogens is 1. The third kappa shape index (κ3) is 5.99. The molecule has 3 aromatic rings. The molecule has 1 aliphatic rings. The zero-order valence-electron chi connectivity index (χ0n) is 18.8. The number of carbonyl (C=O) groups is 2. The Morgan fingerprint density at radius 1 is 1.15 bits per heavy atom. The van der Waals surface area contributed by atoms with E-state index in [1.54, 1.807) is 11.3 Å². The SMILES string of the molecule is CCCCCCOC(=O)CN1C(=O)COc2ccc(-c3csc(Cc4ccccc4)n3)cc21. The van der Waals surface area contributed by atoms with Gasteiger partial charge in [-0.3, -0.25) is 14.5 Å². The third-order valence-electron chi connectivity index (χ3n) is 5.50. The van der Waals surface area contributed by atoms with Gasteiger partial charge in [-0.2, -0.15) is 0 Å². The Morgan fingerprint density at radius 3 is 2.82 bits per heavy atom. The molecule has 0 atom stereocenters. The van der Waals surface area contributed by atoms with E-state index in [2.05, 4.69) is 19.1 Å². The standard InChI is InChI=1S/C26H28N2O4S/c1-2-3-4-8-13-31-26(30)16-28-22-15-20(11-12-23(22)32-17-25(28)29)21-18-33-24(27-21)14-19-9-6-5-7-10-19/h5-7,9-12,15,18H,2-4,8,13-14,16-17H2,1H3. The van der Waals surface area contributed by atoms with Crippen LogP contribution in [0.5, 0.6) is 5.75 Å². The van der Waals surface area contributed by atoms with Crippen LogP contribution in [-0.4, -0.2) is 36.6 Å². The molecule has 1 aromatic heterocycles. The van der Waals surface area contributed by atoms with Crippen LogP contribution in [-0.2, 0) is 20.7 Å². The monoisotopic (exact) mass is 464 g/mol. The molecule has 0 saturated heterocycles. The van der Waals surface area contributed by atoms with Crippen LogP contribution in [0.2, 0.25) is 0 Å². The lowest BCUT2D eigenvalue weighted by molar-refractivity contribution is -0.143. The highest BCUT2D eigenvalue weighted by atomic mass is 32.1. The van der Waals surface area contributed by atoms with Crippen LogP contribution < -0.4 is 9.64 Å². The number of thiazole rings is 1. The van der Waals surface area contributed by atoms with Gasteiger partial charge in [0.05, 0.1) is 23.0 Å². The summed E-state index contributed by atoms with van der Waals surface area (Å²) in [7, 11) is 0. The number of fused-ring (bicyclic) bond motifs is 1. The summed E-state index contributed by atoms with van der Waals surface area (Å²) in [5, 5.41) is 3.03. The molecule has 0 aliphatic carbocycles. The number of ether oxygens (including phenoxy) is 2. The fourth-order valence-corrected chi connectivity index (χ4v) is 4.56. The van der Waals surface area contributed by atoms with Gasteiger partial charge in [0.1, 0.15) is 12.3 Å². The number of rotatable bonds is 10. The number of nitrogens with zero attached hydrogens (tertiary/aromatic N) is 2. The fraction of sp³-hybridized carbons (Fsp3) is 0.346. The Bertz CT molecular complexity index is 1100. The average molecular weight is 465 g/mol.